The van der Waals surface area contributed by atoms with E-state index in [1.807, 2.05) is 12.1 Å². The second-order valence-corrected chi connectivity index (χ2v) is 8.77. The largest absolute Gasteiger partial charge is 0.497 e. The fourth-order valence-electron chi connectivity index (χ4n) is 4.59. The topological polar surface area (TPSA) is 24.5 Å². The lowest BCUT2D eigenvalue weighted by atomic mass is 9.91. The predicted octanol–water partition coefficient (Wildman–Crippen LogP) is 6.58. The van der Waals surface area contributed by atoms with Crippen molar-refractivity contribution in [1.82, 2.24) is 4.90 Å². The summed E-state index contributed by atoms with van der Waals surface area (Å²) in [6, 6.07) is 25.5. The minimum absolute atomic E-state index is 0.801. The second-order valence-electron chi connectivity index (χ2n) is 8.77. The van der Waals surface area contributed by atoms with Gasteiger partial charge in [0, 0.05) is 31.0 Å². The Morgan fingerprint density at radius 2 is 1.47 bits per heavy atom. The van der Waals surface area contributed by atoms with Gasteiger partial charge in [-0.1, -0.05) is 50.2 Å². The van der Waals surface area contributed by atoms with Crippen molar-refractivity contribution in [3.05, 3.63) is 78.4 Å². The van der Waals surface area contributed by atoms with Crippen LogP contribution in [0.2, 0.25) is 0 Å². The Morgan fingerprint density at radius 3 is 2.10 bits per heavy atom. The first kappa shape index (κ1) is 20.5. The third-order valence-corrected chi connectivity index (χ3v) is 5.88. The molecular weight excluding hydrogens is 368 g/mol. The summed E-state index contributed by atoms with van der Waals surface area (Å²) in [5.74, 6) is 2.48. The molecule has 2 unspecified atom stereocenters. The fraction of sp³-hybridized carbons (Fsp3) is 0.333. The minimum atomic E-state index is 0.801. The maximum Gasteiger partial charge on any atom is 0.119 e. The van der Waals surface area contributed by atoms with Crippen LogP contribution in [-0.2, 0) is 6.54 Å². The van der Waals surface area contributed by atoms with Gasteiger partial charge in [0.1, 0.15) is 5.75 Å². The smallest absolute Gasteiger partial charge is 0.119 e. The summed E-state index contributed by atoms with van der Waals surface area (Å²) in [6.45, 7) is 8.21. The van der Waals surface area contributed by atoms with Gasteiger partial charge in [-0.15, -0.1) is 0 Å². The molecule has 1 saturated heterocycles. The van der Waals surface area contributed by atoms with Crippen molar-refractivity contribution in [2.75, 3.05) is 25.5 Å². The fourth-order valence-corrected chi connectivity index (χ4v) is 4.59. The highest BCUT2D eigenvalue weighted by Crippen LogP contribution is 2.27. The van der Waals surface area contributed by atoms with Crippen LogP contribution in [0.25, 0.3) is 11.1 Å². The third kappa shape index (κ3) is 5.22. The summed E-state index contributed by atoms with van der Waals surface area (Å²) < 4.78 is 5.33. The number of likely N-dealkylation sites (tertiary alicyclic amines) is 1. The lowest BCUT2D eigenvalue weighted by Gasteiger charge is -2.35. The average molecular weight is 401 g/mol. The summed E-state index contributed by atoms with van der Waals surface area (Å²) in [5, 5.41) is 3.51. The van der Waals surface area contributed by atoms with Crippen molar-refractivity contribution >= 4 is 11.4 Å². The van der Waals surface area contributed by atoms with Gasteiger partial charge < -0.3 is 10.1 Å². The maximum absolute atomic E-state index is 5.33. The molecule has 2 atom stereocenters. The normalized spacial score (nSPS) is 19.4. The Labute approximate surface area is 180 Å². The van der Waals surface area contributed by atoms with Gasteiger partial charge in [0.05, 0.1) is 7.11 Å². The van der Waals surface area contributed by atoms with Gasteiger partial charge in [-0.05, 0) is 71.3 Å². The Balaban J connectivity index is 1.37. The summed E-state index contributed by atoms with van der Waals surface area (Å²) in [7, 11) is 1.70. The maximum atomic E-state index is 5.33. The van der Waals surface area contributed by atoms with Crippen molar-refractivity contribution in [2.24, 2.45) is 11.8 Å². The van der Waals surface area contributed by atoms with Crippen LogP contribution in [-0.4, -0.2) is 25.1 Å². The molecule has 0 spiro atoms. The van der Waals surface area contributed by atoms with Gasteiger partial charge in [-0.3, -0.25) is 4.90 Å². The molecule has 4 rings (SSSR count). The quantitative estimate of drug-likeness (QED) is 0.505. The average Bonchev–Trinajstić information content (AvgIpc) is 2.75. The molecule has 3 aromatic carbocycles. The molecule has 0 aromatic heterocycles. The number of benzene rings is 3. The SMILES string of the molecule is COc1cccc(-c2ccc(Nc3ccc(CN4CC(C)CC(C)C4)cc3)cc2)c1. The lowest BCUT2D eigenvalue weighted by Crippen LogP contribution is -2.38. The molecule has 0 radical (unpaired) electrons. The number of nitrogens with one attached hydrogen (secondary N) is 1. The first-order valence-electron chi connectivity index (χ1n) is 10.9. The molecule has 0 saturated carbocycles. The Morgan fingerprint density at radius 1 is 0.833 bits per heavy atom. The molecule has 1 N–H and O–H groups in total. The van der Waals surface area contributed by atoms with Gasteiger partial charge in [0.2, 0.25) is 0 Å². The van der Waals surface area contributed by atoms with Crippen LogP contribution in [0, 0.1) is 11.8 Å². The molecule has 1 aliphatic heterocycles. The molecule has 156 valence electrons. The van der Waals surface area contributed by atoms with Gasteiger partial charge in [0.25, 0.3) is 0 Å². The number of nitrogens with zero attached hydrogens (tertiary/aromatic N) is 1. The molecule has 3 nitrogen and oxygen atoms in total. The van der Waals surface area contributed by atoms with Crippen molar-refractivity contribution in [1.29, 1.82) is 0 Å². The van der Waals surface area contributed by atoms with Gasteiger partial charge >= 0.3 is 0 Å². The van der Waals surface area contributed by atoms with Crippen molar-refractivity contribution < 1.29 is 4.74 Å². The number of piperidine rings is 1. The molecule has 1 fully saturated rings. The molecule has 0 bridgehead atoms. The van der Waals surface area contributed by atoms with Crippen LogP contribution in [0.1, 0.15) is 25.8 Å². The molecule has 0 aliphatic carbocycles. The van der Waals surface area contributed by atoms with E-state index in [0.29, 0.717) is 0 Å². The number of hydrogen-bond acceptors (Lipinski definition) is 3. The standard InChI is InChI=1S/C27H32N2O/c1-20-15-21(2)18-29(17-20)19-22-7-11-25(12-8-22)28-26-13-9-23(10-14-26)24-5-4-6-27(16-24)30-3/h4-14,16,20-21,28H,15,17-19H2,1-3H3. The van der Waals surface area contributed by atoms with Gasteiger partial charge in [-0.25, -0.2) is 0 Å². The highest BCUT2D eigenvalue weighted by Gasteiger charge is 2.21. The Kier molecular flexibility index (Phi) is 6.39. The monoisotopic (exact) mass is 400 g/mol. The zero-order chi connectivity index (χ0) is 20.9. The number of rotatable bonds is 6. The molecule has 3 heteroatoms. The highest BCUT2D eigenvalue weighted by atomic mass is 16.5. The number of anilines is 2. The third-order valence-electron chi connectivity index (χ3n) is 5.88. The van der Waals surface area contributed by atoms with E-state index in [1.165, 1.54) is 30.6 Å². The Bertz CT molecular complexity index is 939. The zero-order valence-electron chi connectivity index (χ0n) is 18.3. The molecule has 30 heavy (non-hydrogen) atoms. The summed E-state index contributed by atoms with van der Waals surface area (Å²) in [6.07, 6.45) is 1.36. The number of methoxy groups -OCH3 is 1. The van der Waals surface area contributed by atoms with E-state index in [4.69, 9.17) is 4.74 Å². The summed E-state index contributed by atoms with van der Waals surface area (Å²) >= 11 is 0. The minimum Gasteiger partial charge on any atom is -0.497 e. The van der Waals surface area contributed by atoms with Gasteiger partial charge in [-0.2, -0.15) is 0 Å². The first-order valence-corrected chi connectivity index (χ1v) is 10.9. The van der Waals surface area contributed by atoms with Crippen LogP contribution in [0.15, 0.2) is 72.8 Å². The molecule has 1 aliphatic rings. The Hall–Kier alpha value is -2.78. The van der Waals surface area contributed by atoms with Crippen LogP contribution < -0.4 is 10.1 Å². The first-order chi connectivity index (χ1) is 14.6. The van der Waals surface area contributed by atoms with Crippen LogP contribution in [0.5, 0.6) is 5.75 Å². The lowest BCUT2D eigenvalue weighted by molar-refractivity contribution is 0.134. The van der Waals surface area contributed by atoms with Crippen molar-refractivity contribution in [3.63, 3.8) is 0 Å². The van der Waals surface area contributed by atoms with E-state index in [2.05, 4.69) is 84.7 Å². The van der Waals surface area contributed by atoms with E-state index >= 15 is 0 Å². The van der Waals surface area contributed by atoms with E-state index in [0.717, 1.165) is 41.1 Å². The molecule has 3 aromatic rings. The van der Waals surface area contributed by atoms with Crippen LogP contribution in [0.4, 0.5) is 11.4 Å². The van der Waals surface area contributed by atoms with E-state index in [-0.39, 0.29) is 0 Å². The summed E-state index contributed by atoms with van der Waals surface area (Å²) in [5.41, 5.74) is 5.93. The molecule has 0 amide bonds. The zero-order valence-corrected chi connectivity index (χ0v) is 18.3. The second kappa shape index (κ2) is 9.36. The molecule has 1 heterocycles. The number of hydrogen-bond donors (Lipinski definition) is 1. The molecular formula is C27H32N2O. The van der Waals surface area contributed by atoms with E-state index in [1.54, 1.807) is 7.11 Å². The van der Waals surface area contributed by atoms with Crippen LogP contribution in [0.3, 0.4) is 0 Å². The van der Waals surface area contributed by atoms with Crippen molar-refractivity contribution in [3.8, 4) is 16.9 Å². The highest BCUT2D eigenvalue weighted by molar-refractivity contribution is 5.69. The van der Waals surface area contributed by atoms with Crippen LogP contribution >= 0.6 is 0 Å². The number of ether oxygens (including phenoxy) is 1. The van der Waals surface area contributed by atoms with E-state index < -0.39 is 0 Å². The van der Waals surface area contributed by atoms with Gasteiger partial charge in [0.15, 0.2) is 0 Å². The van der Waals surface area contributed by atoms with Crippen molar-refractivity contribution in [2.45, 2.75) is 26.8 Å². The predicted molar refractivity (Wildman–Crippen MR) is 126 cm³/mol. The summed E-state index contributed by atoms with van der Waals surface area (Å²) in [4.78, 5) is 2.60. The van der Waals surface area contributed by atoms with E-state index in [9.17, 15) is 0 Å².